The Hall–Kier alpha value is -0.760. The first-order chi connectivity index (χ1) is 5.29. The Balaban J connectivity index is 3.23. The minimum atomic E-state index is 0.750. The van der Waals surface area contributed by atoms with E-state index in [2.05, 4.69) is 12.6 Å². The summed E-state index contributed by atoms with van der Waals surface area (Å²) in [6.45, 7) is 2.02. The molecule has 1 rings (SSSR count). The van der Waals surface area contributed by atoms with Crippen LogP contribution in [-0.4, -0.2) is 6.29 Å². The third kappa shape index (κ3) is 1.63. The lowest BCUT2D eigenvalue weighted by Crippen LogP contribution is -1.91. The van der Waals surface area contributed by atoms with Crippen LogP contribution in [0.5, 0.6) is 0 Å². The van der Waals surface area contributed by atoms with E-state index < -0.39 is 0 Å². The molecule has 1 aromatic rings. The van der Waals surface area contributed by atoms with E-state index in [-0.39, 0.29) is 0 Å². The van der Waals surface area contributed by atoms with E-state index in [1.807, 2.05) is 25.1 Å². The largest absolute Gasteiger partial charge is 0.298 e. The fourth-order valence-corrected chi connectivity index (χ4v) is 1.46. The Morgan fingerprint density at radius 3 is 2.73 bits per heavy atom. The summed E-state index contributed by atoms with van der Waals surface area (Å²) in [6.07, 6.45) is 1.73. The highest BCUT2D eigenvalue weighted by Crippen LogP contribution is 2.17. The first-order valence-electron chi connectivity index (χ1n) is 3.55. The number of aldehydes is 1. The minimum Gasteiger partial charge on any atom is -0.298 e. The molecule has 0 amide bonds. The van der Waals surface area contributed by atoms with Gasteiger partial charge < -0.3 is 0 Å². The second-order valence-electron chi connectivity index (χ2n) is 2.32. The van der Waals surface area contributed by atoms with Gasteiger partial charge in [-0.3, -0.25) is 4.79 Å². The van der Waals surface area contributed by atoms with Crippen molar-refractivity contribution < 1.29 is 4.79 Å². The summed E-state index contributed by atoms with van der Waals surface area (Å²) in [4.78, 5) is 11.4. The number of benzene rings is 1. The van der Waals surface area contributed by atoms with Crippen molar-refractivity contribution in [1.29, 1.82) is 0 Å². The van der Waals surface area contributed by atoms with Crippen molar-refractivity contribution in [2.45, 2.75) is 18.2 Å². The molecule has 1 nitrogen and oxygen atoms in total. The molecule has 0 fully saturated rings. The quantitative estimate of drug-likeness (QED) is 0.527. The molecule has 0 saturated heterocycles. The molecule has 0 aliphatic rings. The zero-order valence-corrected chi connectivity index (χ0v) is 7.27. The first-order valence-corrected chi connectivity index (χ1v) is 4.00. The van der Waals surface area contributed by atoms with E-state index in [0.29, 0.717) is 0 Å². The third-order valence-corrected chi connectivity index (χ3v) is 2.09. The van der Waals surface area contributed by atoms with Gasteiger partial charge in [0.25, 0.3) is 0 Å². The van der Waals surface area contributed by atoms with Crippen molar-refractivity contribution in [3.8, 4) is 0 Å². The Morgan fingerprint density at radius 2 is 2.27 bits per heavy atom. The lowest BCUT2D eigenvalue weighted by molar-refractivity contribution is 0.112. The summed E-state index contributed by atoms with van der Waals surface area (Å²) < 4.78 is 0. The van der Waals surface area contributed by atoms with E-state index in [4.69, 9.17) is 0 Å². The number of carbonyl (C=O) groups is 1. The van der Waals surface area contributed by atoms with Crippen LogP contribution in [0.25, 0.3) is 0 Å². The fraction of sp³-hybridized carbons (Fsp3) is 0.222. The normalized spacial score (nSPS) is 9.64. The number of carbonyl (C=O) groups excluding carboxylic acids is 1. The summed E-state index contributed by atoms with van der Waals surface area (Å²) in [5.74, 6) is 0. The highest BCUT2D eigenvalue weighted by atomic mass is 32.1. The monoisotopic (exact) mass is 166 g/mol. The smallest absolute Gasteiger partial charge is 0.150 e. The van der Waals surface area contributed by atoms with Gasteiger partial charge in [0.15, 0.2) is 0 Å². The molecule has 0 N–H and O–H groups in total. The van der Waals surface area contributed by atoms with Crippen LogP contribution in [0.1, 0.15) is 22.8 Å². The van der Waals surface area contributed by atoms with E-state index in [1.165, 1.54) is 0 Å². The molecule has 0 bridgehead atoms. The molecule has 0 aliphatic carbocycles. The van der Waals surface area contributed by atoms with E-state index in [1.54, 1.807) is 0 Å². The fourth-order valence-electron chi connectivity index (χ4n) is 1.09. The Labute approximate surface area is 71.8 Å². The zero-order chi connectivity index (χ0) is 8.27. The predicted molar refractivity (Wildman–Crippen MR) is 48.5 cm³/mol. The van der Waals surface area contributed by atoms with Gasteiger partial charge in [0.1, 0.15) is 6.29 Å². The third-order valence-electron chi connectivity index (χ3n) is 1.67. The maximum absolute atomic E-state index is 10.5. The van der Waals surface area contributed by atoms with Crippen LogP contribution < -0.4 is 0 Å². The van der Waals surface area contributed by atoms with Gasteiger partial charge in [0.2, 0.25) is 0 Å². The number of hydrogen-bond acceptors (Lipinski definition) is 2. The zero-order valence-electron chi connectivity index (χ0n) is 6.37. The van der Waals surface area contributed by atoms with Crippen molar-refractivity contribution in [2.75, 3.05) is 0 Å². The van der Waals surface area contributed by atoms with E-state index in [0.717, 1.165) is 28.7 Å². The molecular formula is C9H10OS. The molecule has 0 spiro atoms. The predicted octanol–water partition coefficient (Wildman–Crippen LogP) is 2.35. The minimum absolute atomic E-state index is 0.750. The molecule has 58 valence electrons. The van der Waals surface area contributed by atoms with Crippen molar-refractivity contribution in [1.82, 2.24) is 0 Å². The van der Waals surface area contributed by atoms with Crippen LogP contribution in [0, 0.1) is 0 Å². The Kier molecular flexibility index (Phi) is 2.71. The van der Waals surface area contributed by atoms with Crippen molar-refractivity contribution in [3.05, 3.63) is 29.3 Å². The summed E-state index contributed by atoms with van der Waals surface area (Å²) in [5, 5.41) is 0. The van der Waals surface area contributed by atoms with Crippen LogP contribution >= 0.6 is 12.6 Å². The molecule has 2 heteroatoms. The summed E-state index contributed by atoms with van der Waals surface area (Å²) in [6, 6.07) is 5.55. The van der Waals surface area contributed by atoms with Crippen LogP contribution in [0.3, 0.4) is 0 Å². The first kappa shape index (κ1) is 8.34. The second-order valence-corrected chi connectivity index (χ2v) is 2.80. The SMILES string of the molecule is CCc1c(S)cccc1C=O. The van der Waals surface area contributed by atoms with Crippen LogP contribution in [0.15, 0.2) is 23.1 Å². The van der Waals surface area contributed by atoms with Gasteiger partial charge in [-0.2, -0.15) is 0 Å². The molecule has 0 aromatic heterocycles. The highest BCUT2D eigenvalue weighted by molar-refractivity contribution is 7.80. The molecule has 0 atom stereocenters. The van der Waals surface area contributed by atoms with Crippen molar-refractivity contribution >= 4 is 18.9 Å². The van der Waals surface area contributed by atoms with Crippen molar-refractivity contribution in [2.24, 2.45) is 0 Å². The highest BCUT2D eigenvalue weighted by Gasteiger charge is 2.01. The van der Waals surface area contributed by atoms with Gasteiger partial charge in [-0.1, -0.05) is 19.1 Å². The summed E-state index contributed by atoms with van der Waals surface area (Å²) in [5.41, 5.74) is 1.78. The van der Waals surface area contributed by atoms with Gasteiger partial charge in [-0.15, -0.1) is 12.6 Å². The molecule has 0 unspecified atom stereocenters. The van der Waals surface area contributed by atoms with Gasteiger partial charge in [0.05, 0.1) is 0 Å². The standard InChI is InChI=1S/C9H10OS/c1-2-8-7(6-10)4-3-5-9(8)11/h3-6,11H,2H2,1H3. The lowest BCUT2D eigenvalue weighted by atomic mass is 10.1. The summed E-state index contributed by atoms with van der Waals surface area (Å²) in [7, 11) is 0. The topological polar surface area (TPSA) is 17.1 Å². The van der Waals surface area contributed by atoms with Gasteiger partial charge in [-0.05, 0) is 18.1 Å². The van der Waals surface area contributed by atoms with Crippen LogP contribution in [-0.2, 0) is 6.42 Å². The number of rotatable bonds is 2. The number of hydrogen-bond donors (Lipinski definition) is 1. The molecular weight excluding hydrogens is 156 g/mol. The average Bonchev–Trinajstić information content (AvgIpc) is 2.04. The molecule has 11 heavy (non-hydrogen) atoms. The Morgan fingerprint density at radius 1 is 1.55 bits per heavy atom. The average molecular weight is 166 g/mol. The van der Waals surface area contributed by atoms with Crippen LogP contribution in [0.2, 0.25) is 0 Å². The van der Waals surface area contributed by atoms with Crippen LogP contribution in [0.4, 0.5) is 0 Å². The van der Waals surface area contributed by atoms with E-state index >= 15 is 0 Å². The Bertz CT molecular complexity index is 268. The van der Waals surface area contributed by atoms with Gasteiger partial charge in [-0.25, -0.2) is 0 Å². The van der Waals surface area contributed by atoms with E-state index in [9.17, 15) is 4.79 Å². The van der Waals surface area contributed by atoms with Gasteiger partial charge >= 0.3 is 0 Å². The molecule has 0 saturated carbocycles. The van der Waals surface area contributed by atoms with Gasteiger partial charge in [0, 0.05) is 10.5 Å². The second kappa shape index (κ2) is 3.58. The molecule has 0 heterocycles. The molecule has 1 aromatic carbocycles. The lowest BCUT2D eigenvalue weighted by Gasteiger charge is -2.03. The molecule has 0 aliphatic heterocycles. The maximum Gasteiger partial charge on any atom is 0.150 e. The summed E-state index contributed by atoms with van der Waals surface area (Å²) >= 11 is 4.24. The number of thiol groups is 1. The molecule has 0 radical (unpaired) electrons. The van der Waals surface area contributed by atoms with Crippen molar-refractivity contribution in [3.63, 3.8) is 0 Å². The maximum atomic E-state index is 10.5.